The lowest BCUT2D eigenvalue weighted by atomic mass is 10.1. The van der Waals surface area contributed by atoms with Crippen molar-refractivity contribution in [2.45, 2.75) is 13.0 Å². The fourth-order valence-corrected chi connectivity index (χ4v) is 3.11. The first kappa shape index (κ1) is 14.6. The molecular weight excluding hydrogens is 306 g/mol. The number of aliphatic carboxylic acids is 1. The molecule has 0 saturated carbocycles. The van der Waals surface area contributed by atoms with Crippen molar-refractivity contribution in [3.05, 3.63) is 29.5 Å². The van der Waals surface area contributed by atoms with E-state index in [1.807, 2.05) is 11.4 Å². The van der Waals surface area contributed by atoms with Crippen molar-refractivity contribution in [3.63, 3.8) is 0 Å². The highest BCUT2D eigenvalue weighted by Gasteiger charge is 2.30. The number of likely N-dealkylation sites (tertiary alicyclic amines) is 1. The Kier molecular flexibility index (Phi) is 4.10. The zero-order valence-corrected chi connectivity index (χ0v) is 12.5. The minimum absolute atomic E-state index is 0.253. The maximum atomic E-state index is 12.0. The number of amides is 2. The number of carboxylic acid groups (broad SMARTS) is 1. The van der Waals surface area contributed by atoms with Gasteiger partial charge in [0.05, 0.1) is 24.4 Å². The average molecular weight is 321 g/mol. The fourth-order valence-electron chi connectivity index (χ4n) is 2.33. The van der Waals surface area contributed by atoms with Crippen LogP contribution in [0.3, 0.4) is 0 Å². The van der Waals surface area contributed by atoms with Gasteiger partial charge in [-0.3, -0.25) is 4.79 Å². The summed E-state index contributed by atoms with van der Waals surface area (Å²) in [5.41, 5.74) is 0.749. The van der Waals surface area contributed by atoms with Crippen molar-refractivity contribution in [2.24, 2.45) is 5.92 Å². The first-order valence-electron chi connectivity index (χ1n) is 6.87. The molecule has 2 N–H and O–H groups in total. The van der Waals surface area contributed by atoms with Crippen molar-refractivity contribution < 1.29 is 19.1 Å². The minimum Gasteiger partial charge on any atom is -0.481 e. The van der Waals surface area contributed by atoms with Gasteiger partial charge in [-0.2, -0.15) is 0 Å². The maximum Gasteiger partial charge on any atom is 0.317 e. The van der Waals surface area contributed by atoms with Crippen LogP contribution in [0.4, 0.5) is 4.79 Å². The Labute approximate surface area is 130 Å². The van der Waals surface area contributed by atoms with Gasteiger partial charge in [-0.15, -0.1) is 11.3 Å². The van der Waals surface area contributed by atoms with Gasteiger partial charge < -0.3 is 19.7 Å². The highest BCUT2D eigenvalue weighted by molar-refractivity contribution is 7.13. The van der Waals surface area contributed by atoms with E-state index in [0.29, 0.717) is 25.3 Å². The predicted molar refractivity (Wildman–Crippen MR) is 79.4 cm³/mol. The second kappa shape index (κ2) is 6.18. The number of carbonyl (C=O) groups excluding carboxylic acids is 1. The van der Waals surface area contributed by atoms with E-state index < -0.39 is 11.9 Å². The number of hydrogen-bond donors (Lipinski definition) is 2. The Morgan fingerprint density at radius 1 is 1.55 bits per heavy atom. The minimum atomic E-state index is -0.849. The molecule has 1 fully saturated rings. The quantitative estimate of drug-likeness (QED) is 0.898. The third-order valence-electron chi connectivity index (χ3n) is 3.53. The topological polar surface area (TPSA) is 95.7 Å². The molecule has 2 aromatic rings. The van der Waals surface area contributed by atoms with Crippen molar-refractivity contribution in [3.8, 4) is 10.8 Å². The number of thiazole rings is 1. The molecule has 0 aliphatic carbocycles. The van der Waals surface area contributed by atoms with Crippen molar-refractivity contribution in [1.29, 1.82) is 0 Å². The summed E-state index contributed by atoms with van der Waals surface area (Å²) in [6.07, 6.45) is 2.09. The molecule has 7 nitrogen and oxygen atoms in total. The molecule has 2 amide bonds. The summed E-state index contributed by atoms with van der Waals surface area (Å²) >= 11 is 1.45. The molecule has 3 heterocycles. The van der Waals surface area contributed by atoms with Gasteiger partial charge in [-0.1, -0.05) is 0 Å². The summed E-state index contributed by atoms with van der Waals surface area (Å²) in [4.78, 5) is 28.8. The molecule has 116 valence electrons. The van der Waals surface area contributed by atoms with Gasteiger partial charge in [-0.25, -0.2) is 9.78 Å². The van der Waals surface area contributed by atoms with Crippen LogP contribution in [0.15, 0.2) is 28.2 Å². The summed E-state index contributed by atoms with van der Waals surface area (Å²) in [6, 6.07) is 3.37. The van der Waals surface area contributed by atoms with Crippen molar-refractivity contribution in [1.82, 2.24) is 15.2 Å². The van der Waals surface area contributed by atoms with Crippen LogP contribution in [0, 0.1) is 5.92 Å². The van der Waals surface area contributed by atoms with Gasteiger partial charge >= 0.3 is 12.0 Å². The smallest absolute Gasteiger partial charge is 0.317 e. The third kappa shape index (κ3) is 3.11. The number of carboxylic acids is 1. The lowest BCUT2D eigenvalue weighted by Gasteiger charge is -2.16. The van der Waals surface area contributed by atoms with Gasteiger partial charge in [0.25, 0.3) is 0 Å². The molecule has 8 heteroatoms. The molecule has 2 aromatic heterocycles. The number of nitrogens with one attached hydrogen (secondary N) is 1. The van der Waals surface area contributed by atoms with E-state index in [9.17, 15) is 9.59 Å². The lowest BCUT2D eigenvalue weighted by Crippen LogP contribution is -2.38. The first-order valence-corrected chi connectivity index (χ1v) is 7.75. The van der Waals surface area contributed by atoms with E-state index in [1.54, 1.807) is 12.3 Å². The first-order chi connectivity index (χ1) is 10.6. The fraction of sp³-hybridized carbons (Fsp3) is 0.357. The number of furan rings is 1. The molecule has 1 atom stereocenters. The second-order valence-electron chi connectivity index (χ2n) is 5.05. The molecule has 0 bridgehead atoms. The van der Waals surface area contributed by atoms with Crippen LogP contribution in [0.1, 0.15) is 12.1 Å². The molecule has 1 aliphatic rings. The molecular formula is C14H15N3O4S. The molecule has 1 saturated heterocycles. The Morgan fingerprint density at radius 2 is 2.41 bits per heavy atom. The second-order valence-corrected chi connectivity index (χ2v) is 5.91. The Balaban J connectivity index is 1.52. The Bertz CT molecular complexity index is 667. The van der Waals surface area contributed by atoms with Gasteiger partial charge in [0.1, 0.15) is 0 Å². The Morgan fingerprint density at radius 3 is 3.09 bits per heavy atom. The summed E-state index contributed by atoms with van der Waals surface area (Å²) in [6.45, 7) is 1.04. The van der Waals surface area contributed by atoms with Crippen molar-refractivity contribution in [2.75, 3.05) is 13.1 Å². The van der Waals surface area contributed by atoms with Gasteiger partial charge in [0.2, 0.25) is 0 Å². The largest absolute Gasteiger partial charge is 0.481 e. The summed E-state index contributed by atoms with van der Waals surface area (Å²) in [5, 5.41) is 14.3. The number of aromatic nitrogens is 1. The third-order valence-corrected chi connectivity index (χ3v) is 4.43. The normalized spacial score (nSPS) is 17.6. The zero-order valence-electron chi connectivity index (χ0n) is 11.7. The van der Waals surface area contributed by atoms with E-state index >= 15 is 0 Å². The van der Waals surface area contributed by atoms with E-state index in [4.69, 9.17) is 9.52 Å². The van der Waals surface area contributed by atoms with Crippen LogP contribution in [0.5, 0.6) is 0 Å². The van der Waals surface area contributed by atoms with Crippen LogP contribution in [0.2, 0.25) is 0 Å². The van der Waals surface area contributed by atoms with E-state index in [2.05, 4.69) is 10.3 Å². The summed E-state index contributed by atoms with van der Waals surface area (Å²) in [7, 11) is 0. The number of nitrogens with zero attached hydrogens (tertiary/aromatic N) is 2. The Hall–Kier alpha value is -2.35. The highest BCUT2D eigenvalue weighted by atomic mass is 32.1. The molecule has 0 radical (unpaired) electrons. The number of rotatable bonds is 4. The highest BCUT2D eigenvalue weighted by Crippen LogP contribution is 2.24. The zero-order chi connectivity index (χ0) is 15.5. The van der Waals surface area contributed by atoms with Crippen LogP contribution in [-0.4, -0.2) is 40.1 Å². The van der Waals surface area contributed by atoms with E-state index in [1.165, 1.54) is 16.2 Å². The van der Waals surface area contributed by atoms with Crippen molar-refractivity contribution >= 4 is 23.3 Å². The molecule has 22 heavy (non-hydrogen) atoms. The molecule has 0 spiro atoms. The monoisotopic (exact) mass is 321 g/mol. The summed E-state index contributed by atoms with van der Waals surface area (Å²) in [5.74, 6) is -0.611. The van der Waals surface area contributed by atoms with Gasteiger partial charge in [-0.05, 0) is 18.6 Å². The van der Waals surface area contributed by atoms with E-state index in [-0.39, 0.29) is 12.6 Å². The van der Waals surface area contributed by atoms with Crippen LogP contribution >= 0.6 is 11.3 Å². The lowest BCUT2D eigenvalue weighted by molar-refractivity contribution is -0.141. The van der Waals surface area contributed by atoms with Crippen LogP contribution in [0.25, 0.3) is 10.8 Å². The van der Waals surface area contributed by atoms with Crippen LogP contribution < -0.4 is 5.32 Å². The molecule has 1 unspecified atom stereocenters. The van der Waals surface area contributed by atoms with Gasteiger partial charge in [0.15, 0.2) is 10.8 Å². The van der Waals surface area contributed by atoms with Crippen LogP contribution in [-0.2, 0) is 11.3 Å². The number of hydrogen-bond acceptors (Lipinski definition) is 5. The number of carbonyl (C=O) groups is 2. The molecule has 1 aliphatic heterocycles. The SMILES string of the molecule is O=C(O)C1CCN(C(=O)NCc2csc(-c3ccco3)n2)C1. The molecule has 0 aromatic carbocycles. The van der Waals surface area contributed by atoms with E-state index in [0.717, 1.165) is 10.7 Å². The predicted octanol–water partition coefficient (Wildman–Crippen LogP) is 2.02. The number of urea groups is 1. The molecule has 3 rings (SSSR count). The standard InChI is InChI=1S/C14H15N3O4S/c18-13(19)9-3-4-17(7-9)14(20)15-6-10-8-22-12(16-10)11-2-1-5-21-11/h1-2,5,8-9H,3-4,6-7H2,(H,15,20)(H,18,19). The maximum absolute atomic E-state index is 12.0. The summed E-state index contributed by atoms with van der Waals surface area (Å²) < 4.78 is 5.27. The van der Waals surface area contributed by atoms with Gasteiger partial charge in [0, 0.05) is 18.5 Å². The average Bonchev–Trinajstić information content (AvgIpc) is 3.23.